The second kappa shape index (κ2) is 11.4. The minimum atomic E-state index is -4.13. The zero-order chi connectivity index (χ0) is 25.6. The lowest BCUT2D eigenvalue weighted by Gasteiger charge is -2.24. The SMILES string of the molecule is COc1ccc(S(=O)(=O)N(CC(=O)N/N=C(/C)c2cccc(Br)c2)c2ccc(C)cc2)cc1OC. The van der Waals surface area contributed by atoms with Gasteiger partial charge >= 0.3 is 0 Å². The third kappa shape index (κ3) is 6.40. The number of hydrogen-bond acceptors (Lipinski definition) is 6. The third-order valence-corrected chi connectivity index (χ3v) is 7.41. The Morgan fingerprint density at radius 3 is 2.31 bits per heavy atom. The lowest BCUT2D eigenvalue weighted by Crippen LogP contribution is -2.39. The molecule has 0 fully saturated rings. The number of rotatable bonds is 9. The standard InChI is InChI=1S/C25H26BrN3O5S/c1-17-8-10-21(11-9-17)29(35(31,32)22-12-13-23(33-3)24(15-22)34-4)16-25(30)28-27-18(2)19-6-5-7-20(26)14-19/h5-15H,16H2,1-4H3,(H,28,30)/b27-18-. The molecule has 3 aromatic carbocycles. The Morgan fingerprint density at radius 2 is 1.69 bits per heavy atom. The Labute approximate surface area is 213 Å². The van der Waals surface area contributed by atoms with E-state index < -0.39 is 22.5 Å². The van der Waals surface area contributed by atoms with Gasteiger partial charge in [0.15, 0.2) is 11.5 Å². The number of ether oxygens (including phenoxy) is 2. The summed E-state index contributed by atoms with van der Waals surface area (Å²) in [6, 6.07) is 18.6. The van der Waals surface area contributed by atoms with E-state index in [9.17, 15) is 13.2 Å². The first kappa shape index (κ1) is 26.2. The van der Waals surface area contributed by atoms with Gasteiger partial charge in [-0.15, -0.1) is 0 Å². The lowest BCUT2D eigenvalue weighted by atomic mass is 10.1. The van der Waals surface area contributed by atoms with Crippen LogP contribution in [-0.4, -0.2) is 40.8 Å². The highest BCUT2D eigenvalue weighted by molar-refractivity contribution is 9.10. The molecular formula is C25H26BrN3O5S. The molecule has 0 heterocycles. The molecule has 0 aromatic heterocycles. The van der Waals surface area contributed by atoms with Crippen molar-refractivity contribution in [2.24, 2.45) is 5.10 Å². The van der Waals surface area contributed by atoms with E-state index in [1.807, 2.05) is 31.2 Å². The van der Waals surface area contributed by atoms with Crippen LogP contribution >= 0.6 is 15.9 Å². The van der Waals surface area contributed by atoms with Gasteiger partial charge in [0, 0.05) is 10.5 Å². The molecule has 0 aliphatic rings. The van der Waals surface area contributed by atoms with Gasteiger partial charge in [-0.3, -0.25) is 9.10 Å². The van der Waals surface area contributed by atoms with Crippen molar-refractivity contribution < 1.29 is 22.7 Å². The first-order valence-corrected chi connectivity index (χ1v) is 12.8. The van der Waals surface area contributed by atoms with Crippen molar-refractivity contribution in [3.8, 4) is 11.5 Å². The largest absolute Gasteiger partial charge is 0.493 e. The highest BCUT2D eigenvalue weighted by Crippen LogP contribution is 2.32. The molecule has 0 aliphatic heterocycles. The van der Waals surface area contributed by atoms with Gasteiger partial charge in [0.1, 0.15) is 6.54 Å². The fraction of sp³-hybridized carbons (Fsp3) is 0.200. The van der Waals surface area contributed by atoms with Crippen LogP contribution in [0.4, 0.5) is 5.69 Å². The number of hydrazone groups is 1. The Kier molecular flexibility index (Phi) is 8.52. The van der Waals surface area contributed by atoms with Crippen molar-refractivity contribution in [1.29, 1.82) is 0 Å². The fourth-order valence-corrected chi connectivity index (χ4v) is 5.06. The molecule has 1 amide bonds. The summed E-state index contributed by atoms with van der Waals surface area (Å²) < 4.78 is 39.6. The molecule has 0 atom stereocenters. The number of benzene rings is 3. The second-order valence-electron chi connectivity index (χ2n) is 7.61. The van der Waals surface area contributed by atoms with E-state index in [1.54, 1.807) is 31.2 Å². The highest BCUT2D eigenvalue weighted by atomic mass is 79.9. The third-order valence-electron chi connectivity index (χ3n) is 5.14. The maximum Gasteiger partial charge on any atom is 0.264 e. The summed E-state index contributed by atoms with van der Waals surface area (Å²) in [5.41, 5.74) is 5.14. The summed E-state index contributed by atoms with van der Waals surface area (Å²) in [4.78, 5) is 12.8. The molecule has 0 aliphatic carbocycles. The average Bonchev–Trinajstić information content (AvgIpc) is 2.85. The highest BCUT2D eigenvalue weighted by Gasteiger charge is 2.28. The Bertz CT molecular complexity index is 1340. The first-order valence-electron chi connectivity index (χ1n) is 10.6. The van der Waals surface area contributed by atoms with Crippen LogP contribution in [0.25, 0.3) is 0 Å². The number of nitrogens with zero attached hydrogens (tertiary/aromatic N) is 2. The van der Waals surface area contributed by atoms with Crippen molar-refractivity contribution in [2.75, 3.05) is 25.1 Å². The van der Waals surface area contributed by atoms with Crippen LogP contribution in [0.2, 0.25) is 0 Å². The number of amides is 1. The smallest absolute Gasteiger partial charge is 0.264 e. The molecule has 0 bridgehead atoms. The van der Waals surface area contributed by atoms with Gasteiger partial charge in [-0.1, -0.05) is 45.8 Å². The van der Waals surface area contributed by atoms with Crippen LogP contribution in [-0.2, 0) is 14.8 Å². The maximum absolute atomic E-state index is 13.6. The average molecular weight is 560 g/mol. The van der Waals surface area contributed by atoms with Gasteiger partial charge < -0.3 is 9.47 Å². The number of carbonyl (C=O) groups excluding carboxylic acids is 1. The van der Waals surface area contributed by atoms with Crippen molar-refractivity contribution in [3.63, 3.8) is 0 Å². The monoisotopic (exact) mass is 559 g/mol. The van der Waals surface area contributed by atoms with Gasteiger partial charge in [0.25, 0.3) is 15.9 Å². The molecule has 8 nitrogen and oxygen atoms in total. The number of aryl methyl sites for hydroxylation is 1. The van der Waals surface area contributed by atoms with Gasteiger partial charge in [-0.05, 0) is 55.8 Å². The summed E-state index contributed by atoms with van der Waals surface area (Å²) in [6.07, 6.45) is 0. The minimum absolute atomic E-state index is 0.0441. The second-order valence-corrected chi connectivity index (χ2v) is 10.4. The molecule has 10 heteroatoms. The van der Waals surface area contributed by atoms with E-state index >= 15 is 0 Å². The zero-order valence-corrected chi connectivity index (χ0v) is 22.2. The van der Waals surface area contributed by atoms with Gasteiger partial charge in [-0.2, -0.15) is 5.10 Å². The van der Waals surface area contributed by atoms with Gasteiger partial charge in [0.2, 0.25) is 0 Å². The van der Waals surface area contributed by atoms with Crippen LogP contribution in [0.5, 0.6) is 11.5 Å². The van der Waals surface area contributed by atoms with E-state index in [2.05, 4.69) is 26.5 Å². The summed E-state index contributed by atoms with van der Waals surface area (Å²) in [6.45, 7) is 3.16. The van der Waals surface area contributed by atoms with Crippen molar-refractivity contribution in [3.05, 3.63) is 82.3 Å². The van der Waals surface area contributed by atoms with E-state index in [1.165, 1.54) is 32.4 Å². The summed E-state index contributed by atoms with van der Waals surface area (Å²) >= 11 is 3.40. The Balaban J connectivity index is 1.92. The summed E-state index contributed by atoms with van der Waals surface area (Å²) in [7, 11) is -1.25. The Morgan fingerprint density at radius 1 is 1.00 bits per heavy atom. The lowest BCUT2D eigenvalue weighted by molar-refractivity contribution is -0.119. The predicted octanol–water partition coefficient (Wildman–Crippen LogP) is 4.51. The van der Waals surface area contributed by atoms with E-state index in [0.717, 1.165) is 19.9 Å². The molecule has 0 radical (unpaired) electrons. The van der Waals surface area contributed by atoms with Crippen LogP contribution in [0, 0.1) is 6.92 Å². The molecule has 0 saturated heterocycles. The van der Waals surface area contributed by atoms with E-state index in [-0.39, 0.29) is 10.6 Å². The number of anilines is 1. The van der Waals surface area contributed by atoms with Gasteiger partial charge in [0.05, 0.1) is 30.5 Å². The molecule has 0 spiro atoms. The maximum atomic E-state index is 13.6. The minimum Gasteiger partial charge on any atom is -0.493 e. The van der Waals surface area contributed by atoms with Crippen molar-refractivity contribution >= 4 is 43.3 Å². The quantitative estimate of drug-likeness (QED) is 0.307. The molecule has 184 valence electrons. The number of methoxy groups -OCH3 is 2. The number of nitrogens with one attached hydrogen (secondary N) is 1. The molecule has 0 saturated carbocycles. The molecule has 35 heavy (non-hydrogen) atoms. The summed E-state index contributed by atoms with van der Waals surface area (Å²) in [5.74, 6) is 0.0588. The zero-order valence-electron chi connectivity index (χ0n) is 19.8. The predicted molar refractivity (Wildman–Crippen MR) is 140 cm³/mol. The molecule has 0 unspecified atom stereocenters. The summed E-state index contributed by atoms with van der Waals surface area (Å²) in [5, 5.41) is 4.14. The molecule has 3 rings (SSSR count). The normalized spacial score (nSPS) is 11.6. The molecule has 3 aromatic rings. The van der Waals surface area contributed by atoms with Crippen LogP contribution in [0.3, 0.4) is 0 Å². The number of halogens is 1. The number of sulfonamides is 1. The van der Waals surface area contributed by atoms with Crippen molar-refractivity contribution in [2.45, 2.75) is 18.7 Å². The molecular weight excluding hydrogens is 534 g/mol. The molecule has 1 N–H and O–H groups in total. The van der Waals surface area contributed by atoms with Crippen LogP contribution in [0.15, 0.2) is 81.2 Å². The first-order chi connectivity index (χ1) is 16.6. The van der Waals surface area contributed by atoms with Crippen molar-refractivity contribution in [1.82, 2.24) is 5.43 Å². The topological polar surface area (TPSA) is 97.3 Å². The fourth-order valence-electron chi connectivity index (χ4n) is 3.22. The van der Waals surface area contributed by atoms with E-state index in [0.29, 0.717) is 17.1 Å². The van der Waals surface area contributed by atoms with Crippen LogP contribution < -0.4 is 19.2 Å². The van der Waals surface area contributed by atoms with Crippen LogP contribution in [0.1, 0.15) is 18.1 Å². The number of carbonyl (C=O) groups is 1. The van der Waals surface area contributed by atoms with Gasteiger partial charge in [-0.25, -0.2) is 13.8 Å². The van der Waals surface area contributed by atoms with E-state index in [4.69, 9.17) is 9.47 Å². The number of hydrogen-bond donors (Lipinski definition) is 1. The Hall–Kier alpha value is -3.37.